The van der Waals surface area contributed by atoms with Crippen LogP contribution in [0.25, 0.3) is 0 Å². The van der Waals surface area contributed by atoms with Crippen LogP contribution in [0.4, 0.5) is 4.39 Å². The van der Waals surface area contributed by atoms with E-state index in [1.807, 2.05) is 6.92 Å². The van der Waals surface area contributed by atoms with Crippen molar-refractivity contribution in [1.82, 2.24) is 0 Å². The van der Waals surface area contributed by atoms with Crippen LogP contribution < -0.4 is 4.74 Å². The lowest BCUT2D eigenvalue weighted by molar-refractivity contribution is 0.177. The van der Waals surface area contributed by atoms with Gasteiger partial charge in [-0.15, -0.1) is 0 Å². The molecule has 1 unspecified atom stereocenters. The molecule has 1 N–H and O–H groups in total. The first-order valence-corrected chi connectivity index (χ1v) is 6.82. The minimum absolute atomic E-state index is 0.205. The molecule has 2 nitrogen and oxygen atoms in total. The van der Waals surface area contributed by atoms with Crippen LogP contribution in [0.5, 0.6) is 5.75 Å². The van der Waals surface area contributed by atoms with E-state index in [1.54, 1.807) is 36.4 Å². The van der Waals surface area contributed by atoms with Crippen LogP contribution in [0.15, 0.2) is 42.5 Å². The van der Waals surface area contributed by atoms with Crippen molar-refractivity contribution in [3.63, 3.8) is 0 Å². The van der Waals surface area contributed by atoms with Gasteiger partial charge in [-0.2, -0.15) is 0 Å². The summed E-state index contributed by atoms with van der Waals surface area (Å²) in [5, 5.41) is 10.5. The molecule has 4 heteroatoms. The van der Waals surface area contributed by atoms with Crippen molar-refractivity contribution in [3.8, 4) is 5.75 Å². The third-order valence-electron chi connectivity index (χ3n) is 3.00. The van der Waals surface area contributed by atoms with Gasteiger partial charge in [0.15, 0.2) is 0 Å². The first kappa shape index (κ1) is 14.8. The van der Waals surface area contributed by atoms with E-state index in [0.717, 1.165) is 11.3 Å². The second-order valence-electron chi connectivity index (χ2n) is 4.46. The smallest absolute Gasteiger partial charge is 0.127 e. The molecule has 2 rings (SSSR count). The Morgan fingerprint density at radius 1 is 1.20 bits per heavy atom. The standard InChI is InChI=1S/C16H16ClFO2/c1-2-20-14-7-4-11(5-8-14)16(19)9-12-3-6-13(17)10-15(12)18/h3-8,10,16,19H,2,9H2,1H3. The lowest BCUT2D eigenvalue weighted by Gasteiger charge is -2.12. The third kappa shape index (κ3) is 3.71. The van der Waals surface area contributed by atoms with E-state index in [9.17, 15) is 9.50 Å². The van der Waals surface area contributed by atoms with Gasteiger partial charge in [0, 0.05) is 11.4 Å². The number of rotatable bonds is 5. The predicted molar refractivity (Wildman–Crippen MR) is 77.7 cm³/mol. The van der Waals surface area contributed by atoms with E-state index >= 15 is 0 Å². The molecular weight excluding hydrogens is 279 g/mol. The van der Waals surface area contributed by atoms with Crippen molar-refractivity contribution < 1.29 is 14.2 Å². The van der Waals surface area contributed by atoms with Crippen LogP contribution in [0, 0.1) is 5.82 Å². The van der Waals surface area contributed by atoms with Crippen LogP contribution in [0.2, 0.25) is 5.02 Å². The van der Waals surface area contributed by atoms with Crippen molar-refractivity contribution in [2.45, 2.75) is 19.4 Å². The second-order valence-corrected chi connectivity index (χ2v) is 4.89. The highest BCUT2D eigenvalue weighted by atomic mass is 35.5. The number of benzene rings is 2. The summed E-state index contributed by atoms with van der Waals surface area (Å²) in [7, 11) is 0. The summed E-state index contributed by atoms with van der Waals surface area (Å²) in [6.45, 7) is 2.50. The van der Waals surface area contributed by atoms with Crippen molar-refractivity contribution in [2.75, 3.05) is 6.61 Å². The fourth-order valence-corrected chi connectivity index (χ4v) is 2.13. The predicted octanol–water partition coefficient (Wildman–Crippen LogP) is 4.15. The van der Waals surface area contributed by atoms with Crippen molar-refractivity contribution in [3.05, 3.63) is 64.4 Å². The van der Waals surface area contributed by atoms with Crippen LogP contribution in [-0.2, 0) is 6.42 Å². The van der Waals surface area contributed by atoms with Gasteiger partial charge in [-0.3, -0.25) is 0 Å². The summed E-state index contributed by atoms with van der Waals surface area (Å²) in [5.41, 5.74) is 1.17. The molecular formula is C16H16ClFO2. The molecule has 20 heavy (non-hydrogen) atoms. The zero-order valence-electron chi connectivity index (χ0n) is 11.1. The van der Waals surface area contributed by atoms with Crippen molar-refractivity contribution in [2.24, 2.45) is 0 Å². The van der Waals surface area contributed by atoms with Gasteiger partial charge < -0.3 is 9.84 Å². The van der Waals surface area contributed by atoms with E-state index in [-0.39, 0.29) is 6.42 Å². The maximum absolute atomic E-state index is 13.7. The van der Waals surface area contributed by atoms with Crippen LogP contribution >= 0.6 is 11.6 Å². The zero-order valence-corrected chi connectivity index (χ0v) is 11.9. The van der Waals surface area contributed by atoms with Crippen LogP contribution in [0.3, 0.4) is 0 Å². The maximum atomic E-state index is 13.7. The highest BCUT2D eigenvalue weighted by Crippen LogP contribution is 2.23. The Balaban J connectivity index is 2.09. The lowest BCUT2D eigenvalue weighted by Crippen LogP contribution is -2.03. The monoisotopic (exact) mass is 294 g/mol. The normalized spacial score (nSPS) is 12.2. The molecule has 0 radical (unpaired) electrons. The van der Waals surface area contributed by atoms with Gasteiger partial charge in [0.25, 0.3) is 0 Å². The number of hydrogen-bond donors (Lipinski definition) is 1. The Kier molecular flexibility index (Phi) is 4.99. The molecule has 0 bridgehead atoms. The average molecular weight is 295 g/mol. The molecule has 0 heterocycles. The molecule has 0 spiro atoms. The topological polar surface area (TPSA) is 29.5 Å². The summed E-state index contributed by atoms with van der Waals surface area (Å²) < 4.78 is 19.0. The van der Waals surface area contributed by atoms with Crippen molar-refractivity contribution in [1.29, 1.82) is 0 Å². The SMILES string of the molecule is CCOc1ccc(C(O)Cc2ccc(Cl)cc2F)cc1. The second kappa shape index (κ2) is 6.73. The highest BCUT2D eigenvalue weighted by molar-refractivity contribution is 6.30. The Hall–Kier alpha value is -1.58. The number of hydrogen-bond acceptors (Lipinski definition) is 2. The first-order chi connectivity index (χ1) is 9.60. The van der Waals surface area contributed by atoms with E-state index in [2.05, 4.69) is 0 Å². The largest absolute Gasteiger partial charge is 0.494 e. The Labute approximate surface area is 122 Å². The average Bonchev–Trinajstić information content (AvgIpc) is 2.43. The van der Waals surface area contributed by atoms with Crippen LogP contribution in [-0.4, -0.2) is 11.7 Å². The lowest BCUT2D eigenvalue weighted by atomic mass is 10.0. The Morgan fingerprint density at radius 2 is 1.90 bits per heavy atom. The summed E-state index contributed by atoms with van der Waals surface area (Å²) in [6.07, 6.45) is -0.557. The van der Waals surface area contributed by atoms with Gasteiger partial charge in [0.1, 0.15) is 11.6 Å². The van der Waals surface area contributed by atoms with E-state index in [4.69, 9.17) is 16.3 Å². The fourth-order valence-electron chi connectivity index (χ4n) is 1.97. The summed E-state index contributed by atoms with van der Waals surface area (Å²) in [6, 6.07) is 11.6. The molecule has 2 aromatic carbocycles. The molecule has 0 saturated carbocycles. The molecule has 0 saturated heterocycles. The van der Waals surface area contributed by atoms with Gasteiger partial charge >= 0.3 is 0 Å². The summed E-state index contributed by atoms with van der Waals surface area (Å²) in [4.78, 5) is 0. The van der Waals surface area contributed by atoms with E-state index < -0.39 is 11.9 Å². The minimum Gasteiger partial charge on any atom is -0.494 e. The molecule has 2 aromatic rings. The molecule has 0 amide bonds. The molecule has 0 aliphatic rings. The van der Waals surface area contributed by atoms with Gasteiger partial charge in [-0.25, -0.2) is 4.39 Å². The van der Waals surface area contributed by atoms with Crippen molar-refractivity contribution >= 4 is 11.6 Å². The molecule has 0 aliphatic carbocycles. The molecule has 1 atom stereocenters. The third-order valence-corrected chi connectivity index (χ3v) is 3.24. The summed E-state index contributed by atoms with van der Waals surface area (Å²) in [5.74, 6) is 0.351. The molecule has 0 aromatic heterocycles. The minimum atomic E-state index is -0.763. The van der Waals surface area contributed by atoms with Gasteiger partial charge in [0.2, 0.25) is 0 Å². The highest BCUT2D eigenvalue weighted by Gasteiger charge is 2.12. The zero-order chi connectivity index (χ0) is 14.5. The van der Waals surface area contributed by atoms with Gasteiger partial charge in [-0.1, -0.05) is 29.8 Å². The van der Waals surface area contributed by atoms with E-state index in [1.165, 1.54) is 6.07 Å². The summed E-state index contributed by atoms with van der Waals surface area (Å²) >= 11 is 5.70. The first-order valence-electron chi connectivity index (χ1n) is 6.45. The molecule has 0 aliphatic heterocycles. The number of aliphatic hydroxyl groups is 1. The number of ether oxygens (including phenoxy) is 1. The maximum Gasteiger partial charge on any atom is 0.127 e. The van der Waals surface area contributed by atoms with E-state index in [0.29, 0.717) is 17.2 Å². The Morgan fingerprint density at radius 3 is 2.50 bits per heavy atom. The quantitative estimate of drug-likeness (QED) is 0.897. The van der Waals surface area contributed by atoms with Gasteiger partial charge in [-0.05, 0) is 42.3 Å². The Bertz CT molecular complexity index is 569. The fraction of sp³-hybridized carbons (Fsp3) is 0.250. The van der Waals surface area contributed by atoms with Gasteiger partial charge in [0.05, 0.1) is 12.7 Å². The molecule has 106 valence electrons. The van der Waals surface area contributed by atoms with Crippen LogP contribution in [0.1, 0.15) is 24.2 Å². The number of halogens is 2. The molecule has 0 fully saturated rings. The number of aliphatic hydroxyl groups excluding tert-OH is 1.